The number of ether oxygens (including phenoxy) is 1. The van der Waals surface area contributed by atoms with Crippen LogP contribution >= 0.6 is 11.6 Å². The summed E-state index contributed by atoms with van der Waals surface area (Å²) < 4.78 is 5.78. The molecule has 1 aromatic heterocycles. The van der Waals surface area contributed by atoms with Crippen LogP contribution in [0.3, 0.4) is 0 Å². The fourth-order valence-electron chi connectivity index (χ4n) is 1.70. The molecule has 0 amide bonds. The van der Waals surface area contributed by atoms with Crippen molar-refractivity contribution in [2.45, 2.75) is 32.8 Å². The fraction of sp³-hybridized carbons (Fsp3) is 0.375. The molecule has 0 aliphatic heterocycles. The van der Waals surface area contributed by atoms with E-state index >= 15 is 0 Å². The van der Waals surface area contributed by atoms with Crippen molar-refractivity contribution in [2.24, 2.45) is 0 Å². The molecule has 21 heavy (non-hydrogen) atoms. The molecule has 2 aromatic rings. The van der Waals surface area contributed by atoms with Gasteiger partial charge < -0.3 is 10.1 Å². The minimum Gasteiger partial charge on any atom is -0.473 e. The lowest BCUT2D eigenvalue weighted by Gasteiger charge is -2.18. The molecule has 0 radical (unpaired) electrons. The number of hydrogen-bond acceptors (Lipinski definition) is 4. The maximum absolute atomic E-state index is 5.87. The predicted octanol–water partition coefficient (Wildman–Crippen LogP) is 4.05. The molecule has 112 valence electrons. The van der Waals surface area contributed by atoms with E-state index in [4.69, 9.17) is 16.3 Å². The quantitative estimate of drug-likeness (QED) is 0.925. The van der Waals surface area contributed by atoms with Gasteiger partial charge in [-0.05, 0) is 17.7 Å². The topological polar surface area (TPSA) is 47.0 Å². The van der Waals surface area contributed by atoms with Crippen molar-refractivity contribution >= 4 is 17.4 Å². The minimum atomic E-state index is -0.134. The first-order chi connectivity index (χ1) is 9.88. The predicted molar refractivity (Wildman–Crippen MR) is 86.1 cm³/mol. The second-order valence-electron chi connectivity index (χ2n) is 5.83. The molecule has 1 aromatic carbocycles. The van der Waals surface area contributed by atoms with E-state index in [0.29, 0.717) is 17.5 Å². The van der Waals surface area contributed by atoms with E-state index in [1.807, 2.05) is 31.3 Å². The highest BCUT2D eigenvalue weighted by Crippen LogP contribution is 2.23. The molecule has 0 fully saturated rings. The van der Waals surface area contributed by atoms with Crippen molar-refractivity contribution in [3.63, 3.8) is 0 Å². The normalized spacial score (nSPS) is 11.3. The highest BCUT2D eigenvalue weighted by Gasteiger charge is 2.19. The molecule has 5 heteroatoms. The Morgan fingerprint density at radius 3 is 2.38 bits per heavy atom. The van der Waals surface area contributed by atoms with Crippen molar-refractivity contribution in [1.29, 1.82) is 0 Å². The van der Waals surface area contributed by atoms with Crippen LogP contribution in [0.2, 0.25) is 5.02 Å². The van der Waals surface area contributed by atoms with Crippen LogP contribution in [0.1, 0.15) is 32.2 Å². The van der Waals surface area contributed by atoms with Crippen LogP contribution in [-0.2, 0) is 12.0 Å². The molecule has 4 nitrogen and oxygen atoms in total. The van der Waals surface area contributed by atoms with Gasteiger partial charge in [0.05, 0.1) is 0 Å². The van der Waals surface area contributed by atoms with Crippen LogP contribution < -0.4 is 10.1 Å². The van der Waals surface area contributed by atoms with Gasteiger partial charge in [-0.25, -0.2) is 4.98 Å². The molecule has 0 saturated carbocycles. The highest BCUT2D eigenvalue weighted by molar-refractivity contribution is 6.30. The summed E-state index contributed by atoms with van der Waals surface area (Å²) in [6.07, 6.45) is 0. The summed E-state index contributed by atoms with van der Waals surface area (Å²) in [5.41, 5.74) is 0.909. The average molecular weight is 306 g/mol. The second kappa shape index (κ2) is 6.31. The number of halogens is 1. The number of hydrogen-bond donors (Lipinski definition) is 1. The first kappa shape index (κ1) is 15.6. The van der Waals surface area contributed by atoms with Gasteiger partial charge in [0, 0.05) is 23.6 Å². The Hall–Kier alpha value is -1.81. The summed E-state index contributed by atoms with van der Waals surface area (Å²) in [6.45, 7) is 6.67. The molecule has 2 rings (SSSR count). The van der Waals surface area contributed by atoms with Gasteiger partial charge in [0.1, 0.15) is 18.2 Å². The van der Waals surface area contributed by atoms with Gasteiger partial charge >= 0.3 is 0 Å². The third kappa shape index (κ3) is 4.33. The minimum absolute atomic E-state index is 0.134. The van der Waals surface area contributed by atoms with Crippen LogP contribution in [0, 0.1) is 0 Å². The van der Waals surface area contributed by atoms with Crippen molar-refractivity contribution < 1.29 is 4.74 Å². The molecule has 0 unspecified atom stereocenters. The molecule has 0 atom stereocenters. The van der Waals surface area contributed by atoms with E-state index in [9.17, 15) is 0 Å². The Labute approximate surface area is 130 Å². The molecule has 0 bridgehead atoms. The van der Waals surface area contributed by atoms with E-state index in [2.05, 4.69) is 36.1 Å². The number of benzene rings is 1. The average Bonchev–Trinajstić information content (AvgIpc) is 2.45. The van der Waals surface area contributed by atoms with E-state index in [1.54, 1.807) is 6.07 Å². The molecular weight excluding hydrogens is 286 g/mol. The largest absolute Gasteiger partial charge is 0.473 e. The summed E-state index contributed by atoms with van der Waals surface area (Å²) >= 11 is 5.87. The van der Waals surface area contributed by atoms with E-state index in [1.165, 1.54) is 0 Å². The number of nitrogens with zero attached hydrogens (tertiary/aromatic N) is 2. The Morgan fingerprint density at radius 2 is 1.81 bits per heavy atom. The van der Waals surface area contributed by atoms with Crippen molar-refractivity contribution in [3.8, 4) is 5.88 Å². The maximum Gasteiger partial charge on any atom is 0.219 e. The molecule has 0 aliphatic rings. The third-order valence-corrected chi connectivity index (χ3v) is 3.18. The maximum atomic E-state index is 5.87. The lowest BCUT2D eigenvalue weighted by molar-refractivity contribution is 0.290. The molecule has 0 saturated heterocycles. The van der Waals surface area contributed by atoms with Gasteiger partial charge in [-0.2, -0.15) is 4.98 Å². The second-order valence-corrected chi connectivity index (χ2v) is 6.27. The van der Waals surface area contributed by atoms with Gasteiger partial charge in [0.2, 0.25) is 5.88 Å². The summed E-state index contributed by atoms with van der Waals surface area (Å²) in [7, 11) is 1.83. The summed E-state index contributed by atoms with van der Waals surface area (Å²) in [5.74, 6) is 2.07. The molecule has 0 spiro atoms. The van der Waals surface area contributed by atoms with Crippen molar-refractivity contribution in [1.82, 2.24) is 9.97 Å². The molecule has 1 N–H and O–H groups in total. The summed E-state index contributed by atoms with van der Waals surface area (Å²) in [5, 5.41) is 3.75. The van der Waals surface area contributed by atoms with Gasteiger partial charge in [-0.1, -0.05) is 44.5 Å². The SMILES string of the molecule is CNc1cc(OCc2ccc(Cl)cc2)nc(C(C)(C)C)n1. The Morgan fingerprint density at radius 1 is 1.14 bits per heavy atom. The molecule has 1 heterocycles. The summed E-state index contributed by atoms with van der Waals surface area (Å²) in [6, 6.07) is 9.37. The van der Waals surface area contributed by atoms with Crippen LogP contribution in [0.4, 0.5) is 5.82 Å². The Bertz CT molecular complexity index is 606. The Balaban J connectivity index is 2.17. The van der Waals surface area contributed by atoms with E-state index in [0.717, 1.165) is 17.2 Å². The third-order valence-electron chi connectivity index (χ3n) is 2.93. The number of aromatic nitrogens is 2. The lowest BCUT2D eigenvalue weighted by atomic mass is 9.96. The van der Waals surface area contributed by atoms with Gasteiger partial charge in [-0.3, -0.25) is 0 Å². The summed E-state index contributed by atoms with van der Waals surface area (Å²) in [4.78, 5) is 8.96. The number of nitrogens with one attached hydrogen (secondary N) is 1. The first-order valence-corrected chi connectivity index (χ1v) is 7.21. The van der Waals surface area contributed by atoms with Crippen LogP contribution in [0.5, 0.6) is 5.88 Å². The van der Waals surface area contributed by atoms with Crippen molar-refractivity contribution in [3.05, 3.63) is 46.7 Å². The standard InChI is InChI=1S/C16H20ClN3O/c1-16(2,3)15-19-13(18-4)9-14(20-15)21-10-11-5-7-12(17)8-6-11/h5-9H,10H2,1-4H3,(H,18,19,20). The lowest BCUT2D eigenvalue weighted by Crippen LogP contribution is -2.17. The van der Waals surface area contributed by atoms with E-state index in [-0.39, 0.29) is 5.41 Å². The van der Waals surface area contributed by atoms with Crippen molar-refractivity contribution in [2.75, 3.05) is 12.4 Å². The Kier molecular flexibility index (Phi) is 4.68. The number of anilines is 1. The van der Waals surface area contributed by atoms with Crippen LogP contribution in [-0.4, -0.2) is 17.0 Å². The first-order valence-electron chi connectivity index (χ1n) is 6.83. The zero-order valence-electron chi connectivity index (χ0n) is 12.8. The monoisotopic (exact) mass is 305 g/mol. The van der Waals surface area contributed by atoms with Gasteiger partial charge in [0.15, 0.2) is 0 Å². The van der Waals surface area contributed by atoms with Gasteiger partial charge in [-0.15, -0.1) is 0 Å². The highest BCUT2D eigenvalue weighted by atomic mass is 35.5. The van der Waals surface area contributed by atoms with Crippen LogP contribution in [0.25, 0.3) is 0 Å². The smallest absolute Gasteiger partial charge is 0.219 e. The number of rotatable bonds is 4. The van der Waals surface area contributed by atoms with E-state index < -0.39 is 0 Å². The fourth-order valence-corrected chi connectivity index (χ4v) is 1.83. The van der Waals surface area contributed by atoms with Crippen LogP contribution in [0.15, 0.2) is 30.3 Å². The zero-order valence-corrected chi connectivity index (χ0v) is 13.5. The molecule has 0 aliphatic carbocycles. The zero-order chi connectivity index (χ0) is 15.5. The molecular formula is C16H20ClN3O. The van der Waals surface area contributed by atoms with Gasteiger partial charge in [0.25, 0.3) is 0 Å².